The molecule has 0 aliphatic carbocycles. The zero-order valence-corrected chi connectivity index (χ0v) is 10.0. The number of rotatable bonds is 3. The van der Waals surface area contributed by atoms with Gasteiger partial charge in [-0.05, 0) is 37.1 Å². The minimum absolute atomic E-state index is 0.744. The largest absolute Gasteiger partial charge is 0.261 e. The van der Waals surface area contributed by atoms with Gasteiger partial charge in [0.05, 0.1) is 6.21 Å². The molecule has 0 unspecified atom stereocenters. The maximum absolute atomic E-state index is 4.18. The molecule has 0 radical (unpaired) electrons. The Balaban J connectivity index is 2.08. The quantitative estimate of drug-likeness (QED) is 0.643. The molecule has 0 fully saturated rings. The maximum Gasteiger partial charge on any atom is 0.146 e. The fraction of sp³-hybridized carbons (Fsp3) is 0.143. The molecule has 3 heteroatoms. The Morgan fingerprint density at radius 1 is 1.18 bits per heavy atom. The summed E-state index contributed by atoms with van der Waals surface area (Å²) in [5, 5.41) is 4.18. The van der Waals surface area contributed by atoms with Crippen LogP contribution in [0, 0.1) is 13.8 Å². The van der Waals surface area contributed by atoms with E-state index in [0.717, 1.165) is 11.4 Å². The lowest BCUT2D eigenvalue weighted by molar-refractivity contribution is 1.23. The molecule has 0 bridgehead atoms. The van der Waals surface area contributed by atoms with Gasteiger partial charge in [-0.25, -0.2) is 4.98 Å². The summed E-state index contributed by atoms with van der Waals surface area (Å²) in [7, 11) is 0. The number of nitrogens with zero attached hydrogens (tertiary/aromatic N) is 2. The molecule has 1 heterocycles. The highest BCUT2D eigenvalue weighted by Gasteiger charge is 1.94. The molecule has 0 saturated carbocycles. The second-order valence-corrected chi connectivity index (χ2v) is 3.95. The van der Waals surface area contributed by atoms with Crippen molar-refractivity contribution in [3.63, 3.8) is 0 Å². The Morgan fingerprint density at radius 2 is 2.06 bits per heavy atom. The van der Waals surface area contributed by atoms with Gasteiger partial charge in [-0.1, -0.05) is 29.8 Å². The first kappa shape index (κ1) is 11.3. The number of hydrogen-bond donors (Lipinski definition) is 1. The first-order valence-electron chi connectivity index (χ1n) is 5.53. The predicted molar refractivity (Wildman–Crippen MR) is 71.4 cm³/mol. The highest BCUT2D eigenvalue weighted by atomic mass is 15.3. The smallest absolute Gasteiger partial charge is 0.146 e. The van der Waals surface area contributed by atoms with Gasteiger partial charge in [0.25, 0.3) is 0 Å². The van der Waals surface area contributed by atoms with E-state index in [1.165, 1.54) is 11.1 Å². The monoisotopic (exact) mass is 225 g/mol. The summed E-state index contributed by atoms with van der Waals surface area (Å²) < 4.78 is 0. The normalized spacial score (nSPS) is 10.7. The van der Waals surface area contributed by atoms with Crippen molar-refractivity contribution in [2.45, 2.75) is 13.8 Å². The van der Waals surface area contributed by atoms with Gasteiger partial charge in [0.2, 0.25) is 0 Å². The van der Waals surface area contributed by atoms with E-state index in [9.17, 15) is 0 Å². The van der Waals surface area contributed by atoms with Crippen LogP contribution in [0.3, 0.4) is 0 Å². The van der Waals surface area contributed by atoms with E-state index in [-0.39, 0.29) is 0 Å². The summed E-state index contributed by atoms with van der Waals surface area (Å²) in [5.41, 5.74) is 6.46. The third kappa shape index (κ3) is 3.14. The molecule has 86 valence electrons. The lowest BCUT2D eigenvalue weighted by atomic mass is 10.1. The Labute approximate surface area is 101 Å². The Hall–Kier alpha value is -2.16. The number of anilines is 1. The van der Waals surface area contributed by atoms with E-state index in [1.54, 1.807) is 6.20 Å². The highest BCUT2D eigenvalue weighted by Crippen LogP contribution is 2.08. The van der Waals surface area contributed by atoms with E-state index >= 15 is 0 Å². The Morgan fingerprint density at radius 3 is 2.82 bits per heavy atom. The summed E-state index contributed by atoms with van der Waals surface area (Å²) in [6.07, 6.45) is 3.55. The zero-order valence-electron chi connectivity index (χ0n) is 10.0. The average molecular weight is 225 g/mol. The first-order valence-corrected chi connectivity index (χ1v) is 5.53. The summed E-state index contributed by atoms with van der Waals surface area (Å²) in [6.45, 7) is 4.14. The summed E-state index contributed by atoms with van der Waals surface area (Å²) in [4.78, 5) is 4.13. The average Bonchev–Trinajstić information content (AvgIpc) is 2.35. The van der Waals surface area contributed by atoms with Crippen LogP contribution >= 0.6 is 0 Å². The van der Waals surface area contributed by atoms with Crippen molar-refractivity contribution in [1.82, 2.24) is 4.98 Å². The number of pyridine rings is 1. The maximum atomic E-state index is 4.18. The standard InChI is InChI=1S/C14H15N3/c1-11-6-7-12(2)13(9-11)10-16-17-14-5-3-4-8-15-14/h3-10H,1-2H3,(H,15,17). The van der Waals surface area contributed by atoms with Crippen molar-refractivity contribution < 1.29 is 0 Å². The van der Waals surface area contributed by atoms with Crippen LogP contribution < -0.4 is 5.43 Å². The molecular formula is C14H15N3. The highest BCUT2D eigenvalue weighted by molar-refractivity contribution is 5.82. The summed E-state index contributed by atoms with van der Waals surface area (Å²) in [5.74, 6) is 0.744. The van der Waals surface area contributed by atoms with Crippen LogP contribution in [0.25, 0.3) is 0 Å². The van der Waals surface area contributed by atoms with Gasteiger partial charge in [-0.3, -0.25) is 5.43 Å². The van der Waals surface area contributed by atoms with Crippen LogP contribution in [0.4, 0.5) is 5.82 Å². The SMILES string of the molecule is Cc1ccc(C)c(C=NNc2ccccn2)c1. The van der Waals surface area contributed by atoms with E-state index in [0.29, 0.717) is 0 Å². The number of hydrogen-bond acceptors (Lipinski definition) is 3. The fourth-order valence-electron chi connectivity index (χ4n) is 1.50. The van der Waals surface area contributed by atoms with E-state index in [4.69, 9.17) is 0 Å². The molecule has 0 saturated heterocycles. The molecule has 17 heavy (non-hydrogen) atoms. The van der Waals surface area contributed by atoms with E-state index in [2.05, 4.69) is 47.6 Å². The van der Waals surface area contributed by atoms with Crippen molar-refractivity contribution >= 4 is 12.0 Å². The molecule has 1 N–H and O–H groups in total. The van der Waals surface area contributed by atoms with Crippen LogP contribution in [0.1, 0.15) is 16.7 Å². The molecule has 1 aromatic carbocycles. The number of aryl methyl sites for hydroxylation is 2. The molecule has 3 nitrogen and oxygen atoms in total. The van der Waals surface area contributed by atoms with Crippen molar-refractivity contribution in [2.75, 3.05) is 5.43 Å². The van der Waals surface area contributed by atoms with Crippen LogP contribution in [-0.2, 0) is 0 Å². The number of benzene rings is 1. The van der Waals surface area contributed by atoms with Crippen LogP contribution in [0.15, 0.2) is 47.7 Å². The second kappa shape index (κ2) is 5.25. The van der Waals surface area contributed by atoms with Gasteiger partial charge in [0.1, 0.15) is 5.82 Å². The number of aromatic nitrogens is 1. The number of hydrazone groups is 1. The lowest BCUT2D eigenvalue weighted by Gasteiger charge is -2.01. The third-order valence-corrected chi connectivity index (χ3v) is 2.48. The van der Waals surface area contributed by atoms with Gasteiger partial charge in [0, 0.05) is 6.20 Å². The molecular weight excluding hydrogens is 210 g/mol. The fourth-order valence-corrected chi connectivity index (χ4v) is 1.50. The van der Waals surface area contributed by atoms with E-state index in [1.807, 2.05) is 24.4 Å². The van der Waals surface area contributed by atoms with Crippen molar-refractivity contribution in [3.05, 3.63) is 59.3 Å². The minimum Gasteiger partial charge on any atom is -0.261 e. The molecule has 0 aliphatic heterocycles. The second-order valence-electron chi connectivity index (χ2n) is 3.95. The topological polar surface area (TPSA) is 37.3 Å². The summed E-state index contributed by atoms with van der Waals surface area (Å²) >= 11 is 0. The Kier molecular flexibility index (Phi) is 3.50. The van der Waals surface area contributed by atoms with Gasteiger partial charge < -0.3 is 0 Å². The first-order chi connectivity index (χ1) is 8.25. The predicted octanol–water partition coefficient (Wildman–Crippen LogP) is 3.14. The van der Waals surface area contributed by atoms with Crippen LogP contribution in [0.5, 0.6) is 0 Å². The molecule has 0 aliphatic rings. The summed E-state index contributed by atoms with van der Waals surface area (Å²) in [6, 6.07) is 12.0. The van der Waals surface area contributed by atoms with Gasteiger partial charge in [-0.15, -0.1) is 0 Å². The molecule has 0 spiro atoms. The molecule has 2 rings (SSSR count). The van der Waals surface area contributed by atoms with Crippen molar-refractivity contribution in [2.24, 2.45) is 5.10 Å². The molecule has 0 atom stereocenters. The van der Waals surface area contributed by atoms with Gasteiger partial charge in [-0.2, -0.15) is 5.10 Å². The third-order valence-electron chi connectivity index (χ3n) is 2.48. The molecule has 2 aromatic rings. The van der Waals surface area contributed by atoms with Gasteiger partial charge in [0.15, 0.2) is 0 Å². The molecule has 1 aromatic heterocycles. The number of nitrogens with one attached hydrogen (secondary N) is 1. The molecule has 0 amide bonds. The minimum atomic E-state index is 0.744. The Bertz CT molecular complexity index is 518. The van der Waals surface area contributed by atoms with Crippen molar-refractivity contribution in [3.8, 4) is 0 Å². The van der Waals surface area contributed by atoms with Crippen LogP contribution in [0.2, 0.25) is 0 Å². The van der Waals surface area contributed by atoms with Gasteiger partial charge >= 0.3 is 0 Å². The van der Waals surface area contributed by atoms with Crippen LogP contribution in [-0.4, -0.2) is 11.2 Å². The lowest BCUT2D eigenvalue weighted by Crippen LogP contribution is -1.94. The van der Waals surface area contributed by atoms with Crippen molar-refractivity contribution in [1.29, 1.82) is 0 Å². The van der Waals surface area contributed by atoms with E-state index < -0.39 is 0 Å². The zero-order chi connectivity index (χ0) is 12.1.